The summed E-state index contributed by atoms with van der Waals surface area (Å²) in [7, 11) is 0. The maximum absolute atomic E-state index is 12.2. The first-order valence-electron chi connectivity index (χ1n) is 8.07. The molecule has 0 heterocycles. The van der Waals surface area contributed by atoms with Crippen LogP contribution in [-0.4, -0.2) is 5.78 Å². The normalized spacial score (nSPS) is 11.0. The van der Waals surface area contributed by atoms with Gasteiger partial charge in [-0.25, -0.2) is 0 Å². The number of carbonyl (C=O) groups excluding carboxylic acids is 1. The zero-order chi connectivity index (χ0) is 15.8. The van der Waals surface area contributed by atoms with Crippen LogP contribution in [0.5, 0.6) is 0 Å². The van der Waals surface area contributed by atoms with E-state index in [0.717, 1.165) is 17.5 Å². The van der Waals surface area contributed by atoms with E-state index >= 15 is 0 Å². The Morgan fingerprint density at radius 2 is 1.64 bits per heavy atom. The predicted molar refractivity (Wildman–Crippen MR) is 94.2 cm³/mol. The summed E-state index contributed by atoms with van der Waals surface area (Å²) < 4.78 is 0. The molecule has 0 aliphatic rings. The largest absolute Gasteiger partial charge is 0.289 e. The lowest BCUT2D eigenvalue weighted by atomic mass is 10.0. The van der Waals surface area contributed by atoms with Gasteiger partial charge in [-0.15, -0.1) is 0 Å². The van der Waals surface area contributed by atoms with Crippen LogP contribution >= 0.6 is 0 Å². The van der Waals surface area contributed by atoms with E-state index in [1.807, 2.05) is 30.3 Å². The highest BCUT2D eigenvalue weighted by Crippen LogP contribution is 2.11. The summed E-state index contributed by atoms with van der Waals surface area (Å²) in [5.41, 5.74) is 4.34. The third kappa shape index (κ3) is 5.00. The molecule has 0 spiro atoms. The lowest BCUT2D eigenvalue weighted by Crippen LogP contribution is -1.95. The van der Waals surface area contributed by atoms with Gasteiger partial charge in [0.05, 0.1) is 0 Å². The summed E-state index contributed by atoms with van der Waals surface area (Å²) in [5, 5.41) is 0. The molecule has 2 aromatic rings. The van der Waals surface area contributed by atoms with Gasteiger partial charge in [0.15, 0.2) is 5.78 Å². The van der Waals surface area contributed by atoms with Crippen LogP contribution in [-0.2, 0) is 6.42 Å². The first-order chi connectivity index (χ1) is 10.7. The average molecular weight is 292 g/mol. The second-order valence-corrected chi connectivity index (χ2v) is 5.76. The number of hydrogen-bond donors (Lipinski definition) is 0. The second kappa shape index (κ2) is 8.33. The smallest absolute Gasteiger partial charge is 0.185 e. The molecule has 0 saturated heterocycles. The molecule has 0 atom stereocenters. The fourth-order valence-electron chi connectivity index (χ4n) is 2.36. The molecule has 0 radical (unpaired) electrons. The lowest BCUT2D eigenvalue weighted by molar-refractivity contribution is 0.104. The molecular weight excluding hydrogens is 268 g/mol. The molecule has 1 nitrogen and oxygen atoms in total. The Balaban J connectivity index is 1.96. The molecule has 0 fully saturated rings. The van der Waals surface area contributed by atoms with Crippen molar-refractivity contribution in [2.75, 3.05) is 0 Å². The summed E-state index contributed by atoms with van der Waals surface area (Å²) in [6, 6.07) is 16.2. The summed E-state index contributed by atoms with van der Waals surface area (Å²) in [6.45, 7) is 4.27. The second-order valence-electron chi connectivity index (χ2n) is 5.76. The van der Waals surface area contributed by atoms with Crippen LogP contribution in [0.3, 0.4) is 0 Å². The number of rotatable bonds is 7. The molecule has 0 saturated carbocycles. The Labute approximate surface area is 133 Å². The topological polar surface area (TPSA) is 17.1 Å². The minimum Gasteiger partial charge on any atom is -0.289 e. The van der Waals surface area contributed by atoms with Crippen molar-refractivity contribution in [3.8, 4) is 0 Å². The molecule has 0 amide bonds. The van der Waals surface area contributed by atoms with Crippen molar-refractivity contribution in [3.05, 3.63) is 76.9 Å². The molecule has 0 bridgehead atoms. The summed E-state index contributed by atoms with van der Waals surface area (Å²) in [5.74, 6) is 0.0562. The van der Waals surface area contributed by atoms with Crippen LogP contribution in [0.4, 0.5) is 0 Å². The van der Waals surface area contributed by atoms with Crippen LogP contribution in [0, 0.1) is 6.92 Å². The number of unbranched alkanes of at least 4 members (excludes halogenated alkanes) is 2. The van der Waals surface area contributed by atoms with E-state index < -0.39 is 0 Å². The van der Waals surface area contributed by atoms with Crippen LogP contribution in [0.2, 0.25) is 0 Å². The number of carbonyl (C=O) groups is 1. The summed E-state index contributed by atoms with van der Waals surface area (Å²) >= 11 is 0. The van der Waals surface area contributed by atoms with Crippen LogP contribution < -0.4 is 0 Å². The van der Waals surface area contributed by atoms with Crippen molar-refractivity contribution >= 4 is 11.9 Å². The van der Waals surface area contributed by atoms with Crippen molar-refractivity contribution in [1.29, 1.82) is 0 Å². The Morgan fingerprint density at radius 1 is 0.955 bits per heavy atom. The third-order valence-electron chi connectivity index (χ3n) is 3.81. The SMILES string of the molecule is CCCCCc1ccc(C(=O)/C=C/c2ccc(C)cc2)cc1. The van der Waals surface area contributed by atoms with Crippen molar-refractivity contribution < 1.29 is 4.79 Å². The molecule has 0 N–H and O–H groups in total. The van der Waals surface area contributed by atoms with Gasteiger partial charge in [0.25, 0.3) is 0 Å². The molecule has 1 heteroatoms. The standard InChI is InChI=1S/C21H24O/c1-3-4-5-6-18-11-14-20(15-12-18)21(22)16-13-19-9-7-17(2)8-10-19/h7-16H,3-6H2,1-2H3/b16-13+. The van der Waals surface area contributed by atoms with Gasteiger partial charge in [-0.05, 0) is 37.0 Å². The molecule has 2 rings (SSSR count). The van der Waals surface area contributed by atoms with Gasteiger partial charge in [-0.3, -0.25) is 4.79 Å². The Bertz CT molecular complexity index is 618. The Morgan fingerprint density at radius 3 is 2.27 bits per heavy atom. The van der Waals surface area contributed by atoms with Gasteiger partial charge >= 0.3 is 0 Å². The van der Waals surface area contributed by atoms with E-state index in [1.54, 1.807) is 6.08 Å². The highest BCUT2D eigenvalue weighted by molar-refractivity contribution is 6.06. The summed E-state index contributed by atoms with van der Waals surface area (Å²) in [6.07, 6.45) is 8.34. The van der Waals surface area contributed by atoms with Gasteiger partial charge in [-0.1, -0.05) is 79.9 Å². The summed E-state index contributed by atoms with van der Waals surface area (Å²) in [4.78, 5) is 12.2. The predicted octanol–water partition coefficient (Wildman–Crippen LogP) is 5.62. The Hall–Kier alpha value is -2.15. The average Bonchev–Trinajstić information content (AvgIpc) is 2.55. The van der Waals surface area contributed by atoms with Gasteiger partial charge in [0, 0.05) is 5.56 Å². The minimum absolute atomic E-state index is 0.0562. The zero-order valence-electron chi connectivity index (χ0n) is 13.5. The first kappa shape index (κ1) is 16.2. The highest BCUT2D eigenvalue weighted by atomic mass is 16.1. The van der Waals surface area contributed by atoms with Crippen LogP contribution in [0.1, 0.15) is 53.2 Å². The monoisotopic (exact) mass is 292 g/mol. The zero-order valence-corrected chi connectivity index (χ0v) is 13.5. The van der Waals surface area contributed by atoms with Gasteiger partial charge in [0.1, 0.15) is 0 Å². The van der Waals surface area contributed by atoms with E-state index in [9.17, 15) is 4.79 Å². The van der Waals surface area contributed by atoms with Crippen molar-refractivity contribution in [2.24, 2.45) is 0 Å². The molecule has 114 valence electrons. The van der Waals surface area contributed by atoms with Gasteiger partial charge in [0.2, 0.25) is 0 Å². The van der Waals surface area contributed by atoms with E-state index in [4.69, 9.17) is 0 Å². The fraction of sp³-hybridized carbons (Fsp3) is 0.286. The molecule has 0 unspecified atom stereocenters. The molecule has 22 heavy (non-hydrogen) atoms. The van der Waals surface area contributed by atoms with Crippen molar-refractivity contribution in [1.82, 2.24) is 0 Å². The van der Waals surface area contributed by atoms with Gasteiger partial charge < -0.3 is 0 Å². The van der Waals surface area contributed by atoms with E-state index in [2.05, 4.69) is 38.1 Å². The number of hydrogen-bond acceptors (Lipinski definition) is 1. The maximum atomic E-state index is 12.2. The molecular formula is C21H24O. The number of benzene rings is 2. The molecule has 0 aromatic heterocycles. The van der Waals surface area contributed by atoms with E-state index in [-0.39, 0.29) is 5.78 Å². The van der Waals surface area contributed by atoms with Crippen LogP contribution in [0.15, 0.2) is 54.6 Å². The lowest BCUT2D eigenvalue weighted by Gasteiger charge is -2.02. The van der Waals surface area contributed by atoms with Crippen molar-refractivity contribution in [3.63, 3.8) is 0 Å². The number of allylic oxidation sites excluding steroid dienone is 1. The fourth-order valence-corrected chi connectivity index (χ4v) is 2.36. The van der Waals surface area contributed by atoms with E-state index in [1.165, 1.54) is 30.4 Å². The minimum atomic E-state index is 0.0562. The maximum Gasteiger partial charge on any atom is 0.185 e. The molecule has 0 aliphatic carbocycles. The quantitative estimate of drug-likeness (QED) is 0.367. The van der Waals surface area contributed by atoms with Gasteiger partial charge in [-0.2, -0.15) is 0 Å². The number of aryl methyl sites for hydroxylation is 2. The van der Waals surface area contributed by atoms with Crippen molar-refractivity contribution in [2.45, 2.75) is 39.5 Å². The molecule has 0 aliphatic heterocycles. The third-order valence-corrected chi connectivity index (χ3v) is 3.81. The van der Waals surface area contributed by atoms with Crippen LogP contribution in [0.25, 0.3) is 6.08 Å². The van der Waals surface area contributed by atoms with E-state index in [0.29, 0.717) is 0 Å². The highest BCUT2D eigenvalue weighted by Gasteiger charge is 2.02. The molecule has 2 aromatic carbocycles. The number of ketones is 1. The first-order valence-corrected chi connectivity index (χ1v) is 8.07. The Kier molecular flexibility index (Phi) is 6.14.